The van der Waals surface area contributed by atoms with Gasteiger partial charge in [0.1, 0.15) is 0 Å². The van der Waals surface area contributed by atoms with Gasteiger partial charge >= 0.3 is 0 Å². The number of hydrogen-bond donors (Lipinski definition) is 1. The van der Waals surface area contributed by atoms with Crippen LogP contribution >= 0.6 is 11.3 Å². The van der Waals surface area contributed by atoms with Gasteiger partial charge in [0, 0.05) is 17.5 Å². The molecule has 21 heavy (non-hydrogen) atoms. The van der Waals surface area contributed by atoms with Crippen LogP contribution in [0.5, 0.6) is 0 Å². The van der Waals surface area contributed by atoms with Crippen LogP contribution in [0.1, 0.15) is 41.7 Å². The van der Waals surface area contributed by atoms with Crippen molar-refractivity contribution in [1.82, 2.24) is 5.32 Å². The van der Waals surface area contributed by atoms with Crippen molar-refractivity contribution in [3.8, 4) is 0 Å². The first-order valence-electron chi connectivity index (χ1n) is 7.73. The van der Waals surface area contributed by atoms with Crippen LogP contribution in [0, 0.1) is 0 Å². The van der Waals surface area contributed by atoms with Crippen LogP contribution in [0.3, 0.4) is 0 Å². The molecular formula is C18H23NOS. The summed E-state index contributed by atoms with van der Waals surface area (Å²) >= 11 is 1.75. The van der Waals surface area contributed by atoms with Crippen LogP contribution in [-0.2, 0) is 18.0 Å². The minimum Gasteiger partial charge on any atom is -0.371 e. The van der Waals surface area contributed by atoms with Crippen molar-refractivity contribution in [2.45, 2.75) is 44.9 Å². The Morgan fingerprint density at radius 1 is 1.19 bits per heavy atom. The molecule has 1 aliphatic rings. The second-order valence-electron chi connectivity index (χ2n) is 5.90. The fraction of sp³-hybridized carbons (Fsp3) is 0.444. The molecule has 3 heteroatoms. The maximum atomic E-state index is 5.75. The highest BCUT2D eigenvalue weighted by Crippen LogP contribution is 2.21. The van der Waals surface area contributed by atoms with Crippen molar-refractivity contribution < 1.29 is 4.74 Å². The van der Waals surface area contributed by atoms with Crippen molar-refractivity contribution in [3.63, 3.8) is 0 Å². The average molecular weight is 301 g/mol. The zero-order chi connectivity index (χ0) is 14.5. The molecule has 0 bridgehead atoms. The number of hydrogen-bond acceptors (Lipinski definition) is 3. The second-order valence-corrected chi connectivity index (χ2v) is 6.93. The third-order valence-electron chi connectivity index (χ3n) is 3.93. The van der Waals surface area contributed by atoms with Gasteiger partial charge in [-0.3, -0.25) is 0 Å². The van der Waals surface area contributed by atoms with Gasteiger partial charge in [0.25, 0.3) is 0 Å². The summed E-state index contributed by atoms with van der Waals surface area (Å²) in [5, 5.41) is 5.68. The van der Waals surface area contributed by atoms with E-state index in [9.17, 15) is 0 Å². The third-order valence-corrected chi connectivity index (χ3v) is 4.78. The second kappa shape index (κ2) is 7.21. The van der Waals surface area contributed by atoms with E-state index in [-0.39, 0.29) is 0 Å². The zero-order valence-electron chi connectivity index (χ0n) is 12.5. The molecule has 0 amide bonds. The monoisotopic (exact) mass is 301 g/mol. The third kappa shape index (κ3) is 4.67. The van der Waals surface area contributed by atoms with E-state index in [2.05, 4.69) is 54.0 Å². The predicted octanol–water partition coefficient (Wildman–Crippen LogP) is 4.32. The maximum absolute atomic E-state index is 5.75. The van der Waals surface area contributed by atoms with Gasteiger partial charge in [-0.1, -0.05) is 37.3 Å². The van der Waals surface area contributed by atoms with Crippen LogP contribution in [0.15, 0.2) is 41.8 Å². The van der Waals surface area contributed by atoms with Gasteiger partial charge in [0.2, 0.25) is 0 Å². The average Bonchev–Trinajstić information content (AvgIpc) is 3.20. The summed E-state index contributed by atoms with van der Waals surface area (Å²) in [5.74, 6) is 0.576. The van der Waals surface area contributed by atoms with E-state index in [1.54, 1.807) is 11.3 Å². The number of thiophene rings is 1. The Balaban J connectivity index is 1.44. The molecule has 1 N–H and O–H groups in total. The fourth-order valence-electron chi connectivity index (χ4n) is 2.36. The van der Waals surface area contributed by atoms with Gasteiger partial charge in [0.05, 0.1) is 13.2 Å². The Labute approximate surface area is 131 Å². The van der Waals surface area contributed by atoms with E-state index in [0.29, 0.717) is 19.1 Å². The molecule has 0 spiro atoms. The van der Waals surface area contributed by atoms with Crippen LogP contribution in [0.4, 0.5) is 0 Å². The van der Waals surface area contributed by atoms with E-state index >= 15 is 0 Å². The Bertz CT molecular complexity index is 531. The van der Waals surface area contributed by atoms with Gasteiger partial charge in [-0.15, -0.1) is 11.3 Å². The quantitative estimate of drug-likeness (QED) is 0.784. The molecule has 1 aliphatic carbocycles. The zero-order valence-corrected chi connectivity index (χ0v) is 13.4. The molecule has 0 radical (unpaired) electrons. The lowest BCUT2D eigenvalue weighted by atomic mass is 10.00. The van der Waals surface area contributed by atoms with Crippen molar-refractivity contribution >= 4 is 11.3 Å². The summed E-state index contributed by atoms with van der Waals surface area (Å²) in [4.78, 5) is 1.28. The Kier molecular flexibility index (Phi) is 5.07. The lowest BCUT2D eigenvalue weighted by Gasteiger charge is -2.13. The van der Waals surface area contributed by atoms with Gasteiger partial charge in [-0.25, -0.2) is 0 Å². The number of rotatable bonds is 8. The number of nitrogens with one attached hydrogen (secondary N) is 1. The van der Waals surface area contributed by atoms with Gasteiger partial charge in [-0.2, -0.15) is 0 Å². The van der Waals surface area contributed by atoms with Crippen LogP contribution in [0.2, 0.25) is 0 Å². The smallest absolute Gasteiger partial charge is 0.0813 e. The molecule has 2 nitrogen and oxygen atoms in total. The highest BCUT2D eigenvalue weighted by Gasteiger charge is 2.21. The van der Waals surface area contributed by atoms with Gasteiger partial charge in [0.15, 0.2) is 0 Å². The van der Waals surface area contributed by atoms with Crippen molar-refractivity contribution in [3.05, 3.63) is 57.8 Å². The molecule has 0 saturated heterocycles. The van der Waals surface area contributed by atoms with Gasteiger partial charge in [-0.05, 0) is 41.3 Å². The molecular weight excluding hydrogens is 278 g/mol. The molecule has 3 rings (SSSR count). The summed E-state index contributed by atoms with van der Waals surface area (Å²) in [5.41, 5.74) is 2.66. The maximum Gasteiger partial charge on any atom is 0.0813 e. The van der Waals surface area contributed by atoms with Gasteiger partial charge < -0.3 is 10.1 Å². The summed E-state index contributed by atoms with van der Waals surface area (Å²) < 4.78 is 5.75. The Morgan fingerprint density at radius 3 is 2.67 bits per heavy atom. The molecule has 2 aromatic rings. The summed E-state index contributed by atoms with van der Waals surface area (Å²) in [6.07, 6.45) is 2.71. The van der Waals surface area contributed by atoms with Crippen molar-refractivity contribution in [2.75, 3.05) is 6.54 Å². The summed E-state index contributed by atoms with van der Waals surface area (Å²) in [6, 6.07) is 13.8. The standard InChI is InChI=1S/C18H23NOS/c1-14(11-19-17-8-9-17)16-6-4-15(5-7-16)12-20-13-18-3-2-10-21-18/h2-7,10,14,17,19H,8-9,11-13H2,1H3. The molecule has 1 heterocycles. The van der Waals surface area contributed by atoms with Crippen LogP contribution < -0.4 is 5.32 Å². The lowest BCUT2D eigenvalue weighted by molar-refractivity contribution is 0.109. The van der Waals surface area contributed by atoms with E-state index in [1.807, 2.05) is 0 Å². The molecule has 1 aromatic carbocycles. The number of ether oxygens (including phenoxy) is 1. The highest BCUT2D eigenvalue weighted by molar-refractivity contribution is 7.09. The molecule has 1 aromatic heterocycles. The highest BCUT2D eigenvalue weighted by atomic mass is 32.1. The molecule has 1 atom stereocenters. The molecule has 1 fully saturated rings. The van der Waals surface area contributed by atoms with E-state index in [4.69, 9.17) is 4.74 Å². The first-order valence-corrected chi connectivity index (χ1v) is 8.61. The first kappa shape index (κ1) is 14.8. The van der Waals surface area contributed by atoms with E-state index in [0.717, 1.165) is 12.6 Å². The normalized spacial score (nSPS) is 16.0. The van der Waals surface area contributed by atoms with Crippen molar-refractivity contribution in [2.24, 2.45) is 0 Å². The van der Waals surface area contributed by atoms with Crippen LogP contribution in [-0.4, -0.2) is 12.6 Å². The predicted molar refractivity (Wildman–Crippen MR) is 88.7 cm³/mol. The fourth-order valence-corrected chi connectivity index (χ4v) is 3.00. The molecule has 112 valence electrons. The van der Waals surface area contributed by atoms with E-state index < -0.39 is 0 Å². The SMILES string of the molecule is CC(CNC1CC1)c1ccc(COCc2cccs2)cc1. The number of benzene rings is 1. The topological polar surface area (TPSA) is 21.3 Å². The minimum atomic E-state index is 0.576. The lowest BCUT2D eigenvalue weighted by Crippen LogP contribution is -2.21. The first-order chi connectivity index (χ1) is 10.3. The molecule has 0 aliphatic heterocycles. The molecule has 1 unspecified atom stereocenters. The largest absolute Gasteiger partial charge is 0.371 e. The van der Waals surface area contributed by atoms with Crippen LogP contribution in [0.25, 0.3) is 0 Å². The Morgan fingerprint density at radius 2 is 2.00 bits per heavy atom. The van der Waals surface area contributed by atoms with Crippen molar-refractivity contribution in [1.29, 1.82) is 0 Å². The summed E-state index contributed by atoms with van der Waals surface area (Å²) in [6.45, 7) is 4.77. The minimum absolute atomic E-state index is 0.576. The molecule has 1 saturated carbocycles. The van der Waals surface area contributed by atoms with E-state index in [1.165, 1.54) is 28.8 Å². The Hall–Kier alpha value is -1.16. The summed E-state index contributed by atoms with van der Waals surface area (Å²) in [7, 11) is 0.